The molecule has 5 rings (SSSR count). The summed E-state index contributed by atoms with van der Waals surface area (Å²) in [5.74, 6) is -0.283. The number of para-hydroxylation sites is 1. The number of fused-ring (bicyclic) bond motifs is 3. The van der Waals surface area contributed by atoms with Gasteiger partial charge >= 0.3 is 0 Å². The number of nitrogens with zero attached hydrogens (tertiary/aromatic N) is 1. The van der Waals surface area contributed by atoms with Crippen molar-refractivity contribution in [2.45, 2.75) is 56.5 Å². The second kappa shape index (κ2) is 9.71. The molecule has 2 amide bonds. The molecule has 1 unspecified atom stereocenters. The zero-order valence-corrected chi connectivity index (χ0v) is 21.5. The van der Waals surface area contributed by atoms with E-state index in [1.54, 1.807) is 13.8 Å². The molecule has 1 aliphatic heterocycles. The average molecular weight is 509 g/mol. The number of hydrogen-bond donors (Lipinski definition) is 3. The smallest absolute Gasteiger partial charge is 0.245 e. The molecule has 1 spiro atoms. The van der Waals surface area contributed by atoms with Gasteiger partial charge in [0.1, 0.15) is 6.04 Å². The van der Waals surface area contributed by atoms with Gasteiger partial charge in [-0.15, -0.1) is 12.4 Å². The number of nitrogens with one attached hydrogen (secondary N) is 2. The molecule has 2 heterocycles. The van der Waals surface area contributed by atoms with Crippen LogP contribution in [0.1, 0.15) is 54.6 Å². The second-order valence-electron chi connectivity index (χ2n) is 10.6. The highest BCUT2D eigenvalue weighted by molar-refractivity contribution is 6.02. The van der Waals surface area contributed by atoms with Gasteiger partial charge in [0.25, 0.3) is 0 Å². The summed E-state index contributed by atoms with van der Waals surface area (Å²) in [4.78, 5) is 44.2. The highest BCUT2D eigenvalue weighted by Crippen LogP contribution is 2.46. The van der Waals surface area contributed by atoms with Crippen molar-refractivity contribution in [2.24, 2.45) is 5.73 Å². The van der Waals surface area contributed by atoms with Crippen LogP contribution in [0, 0.1) is 0 Å². The maximum atomic E-state index is 13.7. The van der Waals surface area contributed by atoms with Gasteiger partial charge in [-0.25, -0.2) is 0 Å². The molecule has 0 saturated carbocycles. The lowest BCUT2D eigenvalue weighted by molar-refractivity contribution is -0.138. The first-order chi connectivity index (χ1) is 16.7. The molecule has 8 heteroatoms. The third-order valence-corrected chi connectivity index (χ3v) is 7.62. The van der Waals surface area contributed by atoms with Crippen LogP contribution in [0.3, 0.4) is 0 Å². The van der Waals surface area contributed by atoms with E-state index in [1.807, 2.05) is 53.6 Å². The molecule has 0 bridgehead atoms. The fourth-order valence-corrected chi connectivity index (χ4v) is 5.57. The first-order valence-electron chi connectivity index (χ1n) is 12.2. The molecule has 2 aromatic carbocycles. The van der Waals surface area contributed by atoms with E-state index in [1.165, 1.54) is 0 Å². The van der Waals surface area contributed by atoms with Gasteiger partial charge in [-0.1, -0.05) is 42.5 Å². The van der Waals surface area contributed by atoms with Gasteiger partial charge < -0.3 is 20.9 Å². The summed E-state index contributed by atoms with van der Waals surface area (Å²) in [6, 6.07) is 15.0. The van der Waals surface area contributed by atoms with Gasteiger partial charge in [0.2, 0.25) is 11.8 Å². The third-order valence-electron chi connectivity index (χ3n) is 7.62. The Hall–Kier alpha value is -3.16. The largest absolute Gasteiger partial charge is 0.361 e. The summed E-state index contributed by atoms with van der Waals surface area (Å²) in [5.41, 5.74) is 8.64. The Balaban J connectivity index is 0.00000304. The molecule has 1 aliphatic carbocycles. The van der Waals surface area contributed by atoms with Gasteiger partial charge in [-0.05, 0) is 43.9 Å². The van der Waals surface area contributed by atoms with Crippen molar-refractivity contribution in [3.05, 3.63) is 71.4 Å². The van der Waals surface area contributed by atoms with Crippen LogP contribution in [0.15, 0.2) is 54.7 Å². The van der Waals surface area contributed by atoms with Crippen molar-refractivity contribution in [1.29, 1.82) is 0 Å². The number of nitrogens with two attached hydrogens (primary N) is 1. The Morgan fingerprint density at radius 1 is 1.11 bits per heavy atom. The fraction of sp³-hybridized carbons (Fsp3) is 0.393. The minimum absolute atomic E-state index is 0. The van der Waals surface area contributed by atoms with Crippen molar-refractivity contribution in [2.75, 3.05) is 13.1 Å². The number of piperidine rings is 1. The minimum Gasteiger partial charge on any atom is -0.361 e. The Bertz CT molecular complexity index is 1300. The van der Waals surface area contributed by atoms with Crippen molar-refractivity contribution < 1.29 is 14.4 Å². The molecule has 0 radical (unpaired) electrons. The lowest BCUT2D eigenvalue weighted by Crippen LogP contribution is -2.58. The van der Waals surface area contributed by atoms with Crippen molar-refractivity contribution in [3.63, 3.8) is 0 Å². The topological polar surface area (TPSA) is 108 Å². The summed E-state index contributed by atoms with van der Waals surface area (Å²) in [5, 5.41) is 3.95. The van der Waals surface area contributed by atoms with Crippen molar-refractivity contribution in [3.8, 4) is 0 Å². The standard InChI is InChI=1S/C28H32N4O3.ClH/c1-27(2,29)26(35)31-23(15-18-17-30-22-10-6-4-7-19(18)22)25(34)32-13-11-28(12-14-32)16-24(33)20-8-3-5-9-21(20)28;/h3-10,17,23,30H,11-16,29H2,1-2H3,(H,31,35);1H. The number of carbonyl (C=O) groups excluding carboxylic acids is 3. The SMILES string of the molecule is CC(C)(N)C(=O)NC(Cc1c[nH]c2ccccc12)C(=O)N1CCC2(CC1)CC(=O)c1ccccc12.Cl. The van der Waals surface area contributed by atoms with Crippen LogP contribution in [0.25, 0.3) is 10.9 Å². The number of hydrogen-bond acceptors (Lipinski definition) is 4. The molecule has 2 aliphatic rings. The Kier molecular flexibility index (Phi) is 6.99. The third kappa shape index (κ3) is 4.65. The number of H-pyrrole nitrogens is 1. The molecule has 3 aromatic rings. The number of aromatic amines is 1. The predicted molar refractivity (Wildman–Crippen MR) is 142 cm³/mol. The van der Waals surface area contributed by atoms with Crippen LogP contribution >= 0.6 is 12.4 Å². The highest BCUT2D eigenvalue weighted by Gasteiger charge is 2.46. The second-order valence-corrected chi connectivity index (χ2v) is 10.6. The summed E-state index contributed by atoms with van der Waals surface area (Å²) in [7, 11) is 0. The zero-order valence-electron chi connectivity index (χ0n) is 20.7. The number of rotatable bonds is 5. The maximum absolute atomic E-state index is 13.7. The molecule has 1 atom stereocenters. The highest BCUT2D eigenvalue weighted by atomic mass is 35.5. The minimum atomic E-state index is -1.10. The predicted octanol–water partition coefficient (Wildman–Crippen LogP) is 3.50. The van der Waals surface area contributed by atoms with Crippen molar-refractivity contribution in [1.82, 2.24) is 15.2 Å². The molecule has 1 aromatic heterocycles. The van der Waals surface area contributed by atoms with Crippen LogP contribution in [-0.4, -0.2) is 52.2 Å². The summed E-state index contributed by atoms with van der Waals surface area (Å²) < 4.78 is 0. The first kappa shape index (κ1) is 25.9. The van der Waals surface area contributed by atoms with E-state index < -0.39 is 11.6 Å². The average Bonchev–Trinajstić information content (AvgIpc) is 3.37. The Morgan fingerprint density at radius 3 is 2.50 bits per heavy atom. The van der Waals surface area contributed by atoms with E-state index in [9.17, 15) is 14.4 Å². The number of carbonyl (C=O) groups is 3. The van der Waals surface area contributed by atoms with Crippen LogP contribution in [0.4, 0.5) is 0 Å². The number of likely N-dealkylation sites (tertiary alicyclic amines) is 1. The van der Waals surface area contributed by atoms with E-state index in [4.69, 9.17) is 5.73 Å². The van der Waals surface area contributed by atoms with Gasteiger partial charge in [0, 0.05) is 54.0 Å². The van der Waals surface area contributed by atoms with E-state index >= 15 is 0 Å². The van der Waals surface area contributed by atoms with Gasteiger partial charge in [0.15, 0.2) is 5.78 Å². The fourth-order valence-electron chi connectivity index (χ4n) is 5.57. The molecule has 4 N–H and O–H groups in total. The lowest BCUT2D eigenvalue weighted by atomic mass is 9.73. The molecule has 1 saturated heterocycles. The van der Waals surface area contributed by atoms with Gasteiger partial charge in [-0.3, -0.25) is 14.4 Å². The van der Waals surface area contributed by atoms with Gasteiger partial charge in [0.05, 0.1) is 5.54 Å². The van der Waals surface area contributed by atoms with E-state index in [0.29, 0.717) is 25.9 Å². The number of aromatic nitrogens is 1. The van der Waals surface area contributed by atoms with Crippen LogP contribution in [0.2, 0.25) is 0 Å². The summed E-state index contributed by atoms with van der Waals surface area (Å²) in [6.45, 7) is 4.36. The summed E-state index contributed by atoms with van der Waals surface area (Å²) >= 11 is 0. The molecular weight excluding hydrogens is 476 g/mol. The summed E-state index contributed by atoms with van der Waals surface area (Å²) in [6.07, 6.45) is 4.24. The maximum Gasteiger partial charge on any atom is 0.245 e. The first-order valence-corrected chi connectivity index (χ1v) is 12.2. The zero-order chi connectivity index (χ0) is 24.8. The molecule has 36 heavy (non-hydrogen) atoms. The number of halogens is 1. The normalized spacial score (nSPS) is 17.5. The Labute approximate surface area is 217 Å². The van der Waals surface area contributed by atoms with Crippen LogP contribution < -0.4 is 11.1 Å². The van der Waals surface area contributed by atoms with E-state index in [-0.39, 0.29) is 35.4 Å². The molecule has 1 fully saturated rings. The molecular formula is C28H33ClN4O3. The van der Waals surface area contributed by atoms with Crippen LogP contribution in [-0.2, 0) is 21.4 Å². The molecule has 7 nitrogen and oxygen atoms in total. The van der Waals surface area contributed by atoms with E-state index in [2.05, 4.69) is 16.4 Å². The van der Waals surface area contributed by atoms with E-state index in [0.717, 1.165) is 40.4 Å². The van der Waals surface area contributed by atoms with Crippen molar-refractivity contribution >= 4 is 40.9 Å². The van der Waals surface area contributed by atoms with Gasteiger partial charge in [-0.2, -0.15) is 0 Å². The quantitative estimate of drug-likeness (QED) is 0.490. The van der Waals surface area contributed by atoms with Crippen LogP contribution in [0.5, 0.6) is 0 Å². The molecule has 190 valence electrons. The number of amides is 2. The number of benzene rings is 2. The number of Topliss-reactive ketones (excluding diaryl/α,β-unsaturated/α-hetero) is 1. The lowest BCUT2D eigenvalue weighted by Gasteiger charge is -2.41. The Morgan fingerprint density at radius 2 is 1.78 bits per heavy atom. The monoisotopic (exact) mass is 508 g/mol. The number of ketones is 1.